The first-order valence-corrected chi connectivity index (χ1v) is 10.1. The molecule has 0 radical (unpaired) electrons. The van der Waals surface area contributed by atoms with Crippen molar-refractivity contribution in [3.8, 4) is 17.2 Å². The maximum atomic E-state index is 12.3. The lowest BCUT2D eigenvalue weighted by Crippen LogP contribution is -2.28. The highest BCUT2D eigenvalue weighted by Gasteiger charge is 2.31. The Hall–Kier alpha value is -3.11. The smallest absolute Gasteiger partial charge is 0.285 e. The largest absolute Gasteiger partial charge is 0.493 e. The molecule has 9 nitrogen and oxygen atoms in total. The predicted molar refractivity (Wildman–Crippen MR) is 108 cm³/mol. The number of hydrogen-bond acceptors (Lipinski definition) is 8. The predicted octanol–water partition coefficient (Wildman–Crippen LogP) is 1.49. The van der Waals surface area contributed by atoms with Crippen molar-refractivity contribution < 1.29 is 27.7 Å². The monoisotopic (exact) mass is 419 g/mol. The first kappa shape index (κ1) is 20.6. The van der Waals surface area contributed by atoms with E-state index in [1.54, 1.807) is 30.3 Å². The maximum absolute atomic E-state index is 12.3. The molecule has 29 heavy (non-hydrogen) atoms. The Kier molecular flexibility index (Phi) is 6.04. The summed E-state index contributed by atoms with van der Waals surface area (Å²) in [5.41, 5.74) is 1.06. The Morgan fingerprint density at radius 2 is 1.76 bits per heavy atom. The summed E-state index contributed by atoms with van der Waals surface area (Å²) in [6.07, 6.45) is 1.50. The SMILES string of the molecule is COc1cc(C=NN(CCO)C2=NS(=O)(=O)c3ccccc32)cc(OC)c1OC. The Morgan fingerprint density at radius 3 is 2.34 bits per heavy atom. The van der Waals surface area contributed by atoms with Gasteiger partial charge in [-0.25, -0.2) is 5.01 Å². The topological polar surface area (TPSA) is 110 Å². The first-order chi connectivity index (χ1) is 13.9. The van der Waals surface area contributed by atoms with Gasteiger partial charge in [-0.3, -0.25) is 0 Å². The van der Waals surface area contributed by atoms with Gasteiger partial charge >= 0.3 is 0 Å². The molecule has 2 aromatic carbocycles. The number of rotatable bonds is 7. The van der Waals surface area contributed by atoms with Crippen molar-refractivity contribution in [3.63, 3.8) is 0 Å². The van der Waals surface area contributed by atoms with Crippen LogP contribution in [0.15, 0.2) is 50.8 Å². The fraction of sp³-hybridized carbons (Fsp3) is 0.263. The molecule has 0 unspecified atom stereocenters. The van der Waals surface area contributed by atoms with Gasteiger partial charge in [-0.15, -0.1) is 4.40 Å². The van der Waals surface area contributed by atoms with Crippen molar-refractivity contribution in [1.82, 2.24) is 5.01 Å². The second-order valence-corrected chi connectivity index (χ2v) is 7.51. The molecule has 0 atom stereocenters. The molecule has 1 N–H and O–H groups in total. The molecule has 1 aliphatic heterocycles. The van der Waals surface area contributed by atoms with E-state index >= 15 is 0 Å². The van der Waals surface area contributed by atoms with Crippen molar-refractivity contribution in [3.05, 3.63) is 47.5 Å². The summed E-state index contributed by atoms with van der Waals surface area (Å²) in [6.45, 7) is -0.183. The van der Waals surface area contributed by atoms with Gasteiger partial charge in [0.15, 0.2) is 17.3 Å². The van der Waals surface area contributed by atoms with Gasteiger partial charge in [0.2, 0.25) is 5.75 Å². The molecule has 0 saturated carbocycles. The van der Waals surface area contributed by atoms with Crippen LogP contribution in [0.5, 0.6) is 17.2 Å². The molecule has 2 aromatic rings. The zero-order valence-electron chi connectivity index (χ0n) is 16.2. The second-order valence-electron chi connectivity index (χ2n) is 5.94. The van der Waals surface area contributed by atoms with E-state index in [0.717, 1.165) is 0 Å². The van der Waals surface area contributed by atoms with Gasteiger partial charge in [-0.05, 0) is 24.3 Å². The highest BCUT2D eigenvalue weighted by atomic mass is 32.2. The Balaban J connectivity index is 2.00. The van der Waals surface area contributed by atoms with E-state index in [2.05, 4.69) is 9.50 Å². The highest BCUT2D eigenvalue weighted by molar-refractivity contribution is 7.90. The number of hydrogen-bond donors (Lipinski definition) is 1. The van der Waals surface area contributed by atoms with Gasteiger partial charge in [-0.2, -0.15) is 13.5 Å². The van der Waals surface area contributed by atoms with E-state index in [1.165, 1.54) is 38.6 Å². The zero-order valence-corrected chi connectivity index (χ0v) is 17.0. The molecule has 0 amide bonds. The first-order valence-electron chi connectivity index (χ1n) is 8.62. The molecule has 3 rings (SSSR count). The molecule has 0 spiro atoms. The molecule has 1 aliphatic rings. The molecule has 154 valence electrons. The molecule has 0 aromatic heterocycles. The van der Waals surface area contributed by atoms with Crippen molar-refractivity contribution >= 4 is 22.1 Å². The van der Waals surface area contributed by atoms with Crippen LogP contribution in [0.2, 0.25) is 0 Å². The van der Waals surface area contributed by atoms with E-state index < -0.39 is 10.0 Å². The minimum absolute atomic E-state index is 0.0591. The van der Waals surface area contributed by atoms with Gasteiger partial charge in [-0.1, -0.05) is 12.1 Å². The lowest BCUT2D eigenvalue weighted by Gasteiger charge is -2.18. The average Bonchev–Trinajstić information content (AvgIpc) is 3.01. The number of amidine groups is 1. The van der Waals surface area contributed by atoms with Crippen LogP contribution in [0.4, 0.5) is 0 Å². The van der Waals surface area contributed by atoms with Gasteiger partial charge in [0.25, 0.3) is 10.0 Å². The van der Waals surface area contributed by atoms with Gasteiger partial charge < -0.3 is 19.3 Å². The van der Waals surface area contributed by atoms with E-state index in [9.17, 15) is 13.5 Å². The summed E-state index contributed by atoms with van der Waals surface area (Å²) in [5, 5.41) is 15.1. The number of nitrogens with zero attached hydrogens (tertiary/aromatic N) is 3. The minimum atomic E-state index is -3.80. The molecular weight excluding hydrogens is 398 g/mol. The van der Waals surface area contributed by atoms with Crippen LogP contribution in [0, 0.1) is 0 Å². The number of ether oxygens (including phenoxy) is 3. The van der Waals surface area contributed by atoms with Crippen molar-refractivity contribution in [1.29, 1.82) is 0 Å². The molecule has 10 heteroatoms. The summed E-state index contributed by atoms with van der Waals surface area (Å²) in [6, 6.07) is 9.88. The fourth-order valence-electron chi connectivity index (χ4n) is 2.90. The van der Waals surface area contributed by atoms with E-state index in [0.29, 0.717) is 28.4 Å². The van der Waals surface area contributed by atoms with E-state index in [1.807, 2.05) is 0 Å². The molecule has 0 fully saturated rings. The quantitative estimate of drug-likeness (QED) is 0.535. The third-order valence-electron chi connectivity index (χ3n) is 4.20. The van der Waals surface area contributed by atoms with Crippen LogP contribution in [0.1, 0.15) is 11.1 Å². The number of hydrazone groups is 1. The maximum Gasteiger partial charge on any atom is 0.285 e. The number of fused-ring (bicyclic) bond motifs is 1. The summed E-state index contributed by atoms with van der Waals surface area (Å²) >= 11 is 0. The third-order valence-corrected chi connectivity index (χ3v) is 5.53. The summed E-state index contributed by atoms with van der Waals surface area (Å²) in [7, 11) is 0.721. The number of sulfonamides is 1. The number of benzene rings is 2. The van der Waals surface area contributed by atoms with Crippen LogP contribution >= 0.6 is 0 Å². The fourth-order valence-corrected chi connectivity index (χ4v) is 4.11. The van der Waals surface area contributed by atoms with Crippen molar-refractivity contribution in [2.75, 3.05) is 34.5 Å². The number of aliphatic hydroxyl groups excluding tert-OH is 1. The lowest BCUT2D eigenvalue weighted by molar-refractivity contribution is 0.254. The van der Waals surface area contributed by atoms with Crippen LogP contribution in [0.25, 0.3) is 0 Å². The Labute approximate surface area is 168 Å². The van der Waals surface area contributed by atoms with Gasteiger partial charge in [0, 0.05) is 11.1 Å². The van der Waals surface area contributed by atoms with Crippen LogP contribution < -0.4 is 14.2 Å². The van der Waals surface area contributed by atoms with Crippen LogP contribution in [-0.4, -0.2) is 65.1 Å². The lowest BCUT2D eigenvalue weighted by atomic mass is 10.2. The summed E-state index contributed by atoms with van der Waals surface area (Å²) in [4.78, 5) is 0.112. The van der Waals surface area contributed by atoms with Crippen LogP contribution in [0.3, 0.4) is 0 Å². The molecule has 0 saturated heterocycles. The van der Waals surface area contributed by atoms with Crippen molar-refractivity contribution in [2.24, 2.45) is 9.50 Å². The normalized spacial score (nSPS) is 14.4. The summed E-state index contributed by atoms with van der Waals surface area (Å²) in [5.74, 6) is 1.50. The number of aliphatic hydroxyl groups is 1. The Bertz CT molecular complexity index is 1040. The molecule has 0 aliphatic carbocycles. The van der Waals surface area contributed by atoms with Gasteiger partial charge in [0.1, 0.15) is 4.90 Å². The molecule has 0 bridgehead atoms. The highest BCUT2D eigenvalue weighted by Crippen LogP contribution is 2.37. The zero-order chi connectivity index (χ0) is 21.0. The minimum Gasteiger partial charge on any atom is -0.493 e. The van der Waals surface area contributed by atoms with Crippen LogP contribution in [-0.2, 0) is 10.0 Å². The Morgan fingerprint density at radius 1 is 1.10 bits per heavy atom. The standard InChI is InChI=1S/C19H21N3O6S/c1-26-15-10-13(11-16(27-2)18(15)28-3)12-20-22(8-9-23)19-14-6-4-5-7-17(14)29(24,25)21-19/h4-7,10-12,23H,8-9H2,1-3H3. The number of methoxy groups -OCH3 is 3. The molecule has 1 heterocycles. The van der Waals surface area contributed by atoms with E-state index in [4.69, 9.17) is 14.2 Å². The van der Waals surface area contributed by atoms with Gasteiger partial charge in [0.05, 0.1) is 40.7 Å². The second kappa shape index (κ2) is 8.50. The van der Waals surface area contributed by atoms with E-state index in [-0.39, 0.29) is 23.9 Å². The molecular formula is C19H21N3O6S. The third kappa shape index (κ3) is 4.03. The van der Waals surface area contributed by atoms with Crippen molar-refractivity contribution in [2.45, 2.75) is 4.90 Å². The summed E-state index contributed by atoms with van der Waals surface area (Å²) < 4.78 is 44.4. The average molecular weight is 419 g/mol.